The van der Waals surface area contributed by atoms with E-state index >= 15 is 0 Å². The molecule has 2 rings (SSSR count). The first-order chi connectivity index (χ1) is 9.20. The molecule has 0 N–H and O–H groups in total. The highest BCUT2D eigenvalue weighted by Crippen LogP contribution is 2.30. The predicted octanol–water partition coefficient (Wildman–Crippen LogP) is 2.72. The number of halogens is 3. The second-order valence-corrected chi connectivity index (χ2v) is 4.14. The second kappa shape index (κ2) is 4.58. The maximum absolute atomic E-state index is 12.6. The fourth-order valence-corrected chi connectivity index (χ4v) is 1.75. The second-order valence-electron chi connectivity index (χ2n) is 4.14. The van der Waals surface area contributed by atoms with Crippen molar-refractivity contribution in [3.63, 3.8) is 0 Å². The number of nitro benzene ring substituents is 1. The van der Waals surface area contributed by atoms with Gasteiger partial charge in [-0.15, -0.1) is 0 Å². The van der Waals surface area contributed by atoms with Crippen LogP contribution in [-0.2, 0) is 13.2 Å². The van der Waals surface area contributed by atoms with Crippen molar-refractivity contribution in [3.05, 3.63) is 39.7 Å². The van der Waals surface area contributed by atoms with Crippen LogP contribution in [0.25, 0.3) is 11.4 Å². The van der Waals surface area contributed by atoms with Crippen molar-refractivity contribution in [2.75, 3.05) is 0 Å². The molecule has 106 valence electrons. The van der Waals surface area contributed by atoms with Crippen LogP contribution in [-0.4, -0.2) is 19.7 Å². The SMILES string of the molecule is Cc1cc(-c2nc(C(F)(F)F)n(C)n2)ccc1[N+](=O)[O-]. The van der Waals surface area contributed by atoms with Gasteiger partial charge in [0, 0.05) is 24.2 Å². The van der Waals surface area contributed by atoms with Gasteiger partial charge in [-0.3, -0.25) is 10.1 Å². The van der Waals surface area contributed by atoms with Crippen LogP contribution in [0, 0.1) is 17.0 Å². The normalized spacial score (nSPS) is 11.7. The molecule has 0 aliphatic rings. The fourth-order valence-electron chi connectivity index (χ4n) is 1.75. The van der Waals surface area contributed by atoms with E-state index in [9.17, 15) is 23.3 Å². The molecular weight excluding hydrogens is 277 g/mol. The van der Waals surface area contributed by atoms with Gasteiger partial charge in [0.2, 0.25) is 5.82 Å². The Morgan fingerprint density at radius 2 is 2.00 bits per heavy atom. The molecule has 0 atom stereocenters. The minimum Gasteiger partial charge on any atom is -0.258 e. The number of hydrogen-bond donors (Lipinski definition) is 0. The Kier molecular flexibility index (Phi) is 3.20. The van der Waals surface area contributed by atoms with E-state index in [1.807, 2.05) is 0 Å². The molecule has 0 bridgehead atoms. The lowest BCUT2D eigenvalue weighted by Gasteiger charge is -2.02. The van der Waals surface area contributed by atoms with Crippen LogP contribution in [0.1, 0.15) is 11.4 Å². The van der Waals surface area contributed by atoms with E-state index in [1.54, 1.807) is 0 Å². The standard InChI is InChI=1S/C11H9F3N4O2/c1-6-5-7(3-4-8(6)18(19)20)9-15-10(11(12,13)14)17(2)16-9/h3-5H,1-2H3. The Labute approximate surface area is 111 Å². The number of hydrogen-bond acceptors (Lipinski definition) is 4. The van der Waals surface area contributed by atoms with E-state index in [-0.39, 0.29) is 11.5 Å². The number of benzene rings is 1. The number of nitrogens with zero attached hydrogens (tertiary/aromatic N) is 4. The lowest BCUT2D eigenvalue weighted by molar-refractivity contribution is -0.385. The minimum absolute atomic E-state index is 0.110. The third-order valence-electron chi connectivity index (χ3n) is 2.67. The van der Waals surface area contributed by atoms with Gasteiger partial charge in [-0.25, -0.2) is 9.67 Å². The van der Waals surface area contributed by atoms with Crippen molar-refractivity contribution in [2.24, 2.45) is 7.05 Å². The van der Waals surface area contributed by atoms with Crippen LogP contribution in [0.4, 0.5) is 18.9 Å². The molecule has 0 radical (unpaired) electrons. The molecule has 0 saturated carbocycles. The van der Waals surface area contributed by atoms with Crippen molar-refractivity contribution < 1.29 is 18.1 Å². The maximum Gasteiger partial charge on any atom is 0.451 e. The van der Waals surface area contributed by atoms with Gasteiger partial charge in [0.15, 0.2) is 5.82 Å². The summed E-state index contributed by atoms with van der Waals surface area (Å²) in [5, 5.41) is 14.4. The van der Waals surface area contributed by atoms with Gasteiger partial charge in [-0.2, -0.15) is 18.3 Å². The van der Waals surface area contributed by atoms with Crippen molar-refractivity contribution in [2.45, 2.75) is 13.1 Å². The average Bonchev–Trinajstić information content (AvgIpc) is 2.70. The highest BCUT2D eigenvalue weighted by molar-refractivity contribution is 5.60. The number of nitro groups is 1. The van der Waals surface area contributed by atoms with Crippen LogP contribution < -0.4 is 0 Å². The highest BCUT2D eigenvalue weighted by atomic mass is 19.4. The van der Waals surface area contributed by atoms with Crippen LogP contribution in [0.3, 0.4) is 0 Å². The fraction of sp³-hybridized carbons (Fsp3) is 0.273. The Morgan fingerprint density at radius 1 is 1.35 bits per heavy atom. The summed E-state index contributed by atoms with van der Waals surface area (Å²) in [4.78, 5) is 13.5. The van der Waals surface area contributed by atoms with E-state index in [0.717, 1.165) is 7.05 Å². The van der Waals surface area contributed by atoms with Gasteiger partial charge in [0.1, 0.15) is 0 Å². The molecule has 1 aromatic heterocycles. The first-order valence-electron chi connectivity index (χ1n) is 5.44. The topological polar surface area (TPSA) is 73.8 Å². The molecule has 1 aromatic carbocycles. The van der Waals surface area contributed by atoms with Crippen molar-refractivity contribution in [1.82, 2.24) is 14.8 Å². The molecular formula is C11H9F3N4O2. The zero-order valence-corrected chi connectivity index (χ0v) is 10.5. The van der Waals surface area contributed by atoms with Gasteiger partial charge in [0.05, 0.1) is 4.92 Å². The van der Waals surface area contributed by atoms with Crippen molar-refractivity contribution in [1.29, 1.82) is 0 Å². The first kappa shape index (κ1) is 14.0. The maximum atomic E-state index is 12.6. The molecule has 0 aliphatic carbocycles. The van der Waals surface area contributed by atoms with E-state index in [0.29, 0.717) is 15.8 Å². The number of alkyl halides is 3. The lowest BCUT2D eigenvalue weighted by Crippen LogP contribution is -2.13. The Bertz CT molecular complexity index is 679. The Morgan fingerprint density at radius 3 is 2.45 bits per heavy atom. The van der Waals surface area contributed by atoms with Gasteiger partial charge in [0.25, 0.3) is 5.69 Å². The van der Waals surface area contributed by atoms with Gasteiger partial charge < -0.3 is 0 Å². The summed E-state index contributed by atoms with van der Waals surface area (Å²) in [5.41, 5.74) is 0.508. The molecule has 0 saturated heterocycles. The minimum atomic E-state index is -4.60. The molecule has 9 heteroatoms. The van der Waals surface area contributed by atoms with Gasteiger partial charge in [-0.1, -0.05) is 0 Å². The molecule has 2 aromatic rings. The molecule has 0 spiro atoms. The molecule has 0 aliphatic heterocycles. The number of rotatable bonds is 2. The predicted molar refractivity (Wildman–Crippen MR) is 62.8 cm³/mol. The van der Waals surface area contributed by atoms with Crippen molar-refractivity contribution in [3.8, 4) is 11.4 Å². The zero-order chi connectivity index (χ0) is 15.1. The van der Waals surface area contributed by atoms with Gasteiger partial charge in [-0.05, 0) is 19.1 Å². The first-order valence-corrected chi connectivity index (χ1v) is 5.44. The van der Waals surface area contributed by atoms with E-state index < -0.39 is 16.9 Å². The van der Waals surface area contributed by atoms with Crippen LogP contribution >= 0.6 is 0 Å². The molecule has 0 amide bonds. The van der Waals surface area contributed by atoms with E-state index in [4.69, 9.17) is 0 Å². The van der Waals surface area contributed by atoms with Crippen LogP contribution in [0.15, 0.2) is 18.2 Å². The molecule has 20 heavy (non-hydrogen) atoms. The average molecular weight is 286 g/mol. The van der Waals surface area contributed by atoms with E-state index in [2.05, 4.69) is 10.1 Å². The summed E-state index contributed by atoms with van der Waals surface area (Å²) in [6, 6.07) is 3.92. The summed E-state index contributed by atoms with van der Waals surface area (Å²) in [6.07, 6.45) is -4.60. The quantitative estimate of drug-likeness (QED) is 0.628. The third-order valence-corrected chi connectivity index (χ3v) is 2.67. The Balaban J connectivity index is 2.48. The summed E-state index contributed by atoms with van der Waals surface area (Å²) in [6.45, 7) is 1.50. The van der Waals surface area contributed by atoms with Crippen molar-refractivity contribution >= 4 is 5.69 Å². The van der Waals surface area contributed by atoms with E-state index in [1.165, 1.54) is 25.1 Å². The molecule has 6 nitrogen and oxygen atoms in total. The number of aryl methyl sites for hydroxylation is 2. The van der Waals surface area contributed by atoms with Crippen LogP contribution in [0.5, 0.6) is 0 Å². The molecule has 0 fully saturated rings. The molecule has 0 unspecified atom stereocenters. The smallest absolute Gasteiger partial charge is 0.258 e. The number of aromatic nitrogens is 3. The summed E-state index contributed by atoms with van der Waals surface area (Å²) in [5.74, 6) is -1.25. The monoisotopic (exact) mass is 286 g/mol. The van der Waals surface area contributed by atoms with Gasteiger partial charge >= 0.3 is 6.18 Å². The summed E-state index contributed by atoms with van der Waals surface area (Å²) >= 11 is 0. The largest absolute Gasteiger partial charge is 0.451 e. The summed E-state index contributed by atoms with van der Waals surface area (Å²) in [7, 11) is 1.14. The highest BCUT2D eigenvalue weighted by Gasteiger charge is 2.37. The summed E-state index contributed by atoms with van der Waals surface area (Å²) < 4.78 is 38.5. The molecule has 1 heterocycles. The zero-order valence-electron chi connectivity index (χ0n) is 10.5. The van der Waals surface area contributed by atoms with Crippen LogP contribution in [0.2, 0.25) is 0 Å². The Hall–Kier alpha value is -2.45. The third kappa shape index (κ3) is 2.46. The lowest BCUT2D eigenvalue weighted by atomic mass is 10.1.